The molecule has 10 heteroatoms. The minimum atomic E-state index is -0.565. The Bertz CT molecular complexity index is 758. The number of benzene rings is 1. The molecule has 1 N–H and O–H groups in total. The number of aromatic nitrogens is 2. The second-order valence-corrected chi connectivity index (χ2v) is 6.22. The molecule has 0 aliphatic rings. The Balaban J connectivity index is 2.04. The molecule has 2 rings (SSSR count). The van der Waals surface area contributed by atoms with Crippen molar-refractivity contribution >= 4 is 46.3 Å². The third-order valence-corrected chi connectivity index (χ3v) is 4.09. The summed E-state index contributed by atoms with van der Waals surface area (Å²) in [5.74, 6) is 0.780. The summed E-state index contributed by atoms with van der Waals surface area (Å²) in [4.78, 5) is 28.5. The highest BCUT2D eigenvalue weighted by molar-refractivity contribution is 6.18. The summed E-state index contributed by atoms with van der Waals surface area (Å²) in [6.07, 6.45) is 1.14. The molecule has 0 saturated heterocycles. The van der Waals surface area contributed by atoms with Crippen LogP contribution in [0, 0.1) is 17.0 Å². The van der Waals surface area contributed by atoms with Gasteiger partial charge >= 0.3 is 5.82 Å². The van der Waals surface area contributed by atoms with Crippen molar-refractivity contribution in [3.8, 4) is 0 Å². The van der Waals surface area contributed by atoms with Crippen molar-refractivity contribution in [2.24, 2.45) is 0 Å². The van der Waals surface area contributed by atoms with Crippen molar-refractivity contribution in [1.29, 1.82) is 0 Å². The van der Waals surface area contributed by atoms with Crippen LogP contribution in [-0.2, 0) is 11.3 Å². The van der Waals surface area contributed by atoms with E-state index in [9.17, 15) is 14.9 Å². The first-order valence-electron chi connectivity index (χ1n) is 7.89. The van der Waals surface area contributed by atoms with E-state index in [0.717, 1.165) is 11.9 Å². The molecule has 0 aliphatic heterocycles. The number of carbonyl (C=O) groups is 1. The summed E-state index contributed by atoms with van der Waals surface area (Å²) >= 11 is 11.6. The van der Waals surface area contributed by atoms with E-state index >= 15 is 0 Å². The Kier molecular flexibility index (Phi) is 7.23. The summed E-state index contributed by atoms with van der Waals surface area (Å²) in [5.41, 5.74) is 1.54. The van der Waals surface area contributed by atoms with Crippen LogP contribution in [0.25, 0.3) is 0 Å². The average molecular weight is 400 g/mol. The molecule has 0 unspecified atom stereocenters. The fourth-order valence-electron chi connectivity index (χ4n) is 2.47. The largest absolute Gasteiger partial charge is 0.369 e. The average Bonchev–Trinajstić information content (AvgIpc) is 2.96. The van der Waals surface area contributed by atoms with Crippen LogP contribution < -0.4 is 10.2 Å². The Morgan fingerprint density at radius 2 is 1.88 bits per heavy atom. The Labute approximate surface area is 160 Å². The van der Waals surface area contributed by atoms with Crippen LogP contribution in [0.1, 0.15) is 5.82 Å². The SMILES string of the molecule is Cc1ncc([N+](=O)[O-])n1CC(=O)Nc1ccc(N(CCCl)CCCl)cc1. The maximum atomic E-state index is 12.2. The first-order valence-corrected chi connectivity index (χ1v) is 8.96. The van der Waals surface area contributed by atoms with E-state index in [0.29, 0.717) is 36.4 Å². The molecule has 0 bridgehead atoms. The molecule has 1 amide bonds. The minimum absolute atomic E-state index is 0.186. The number of nitrogens with zero attached hydrogens (tertiary/aromatic N) is 4. The number of rotatable bonds is 9. The number of nitro groups is 1. The quantitative estimate of drug-likeness (QED) is 0.397. The number of halogens is 2. The lowest BCUT2D eigenvalue weighted by atomic mass is 10.2. The fourth-order valence-corrected chi connectivity index (χ4v) is 2.88. The second kappa shape index (κ2) is 9.40. The predicted octanol–water partition coefficient (Wildman–Crippen LogP) is 3.02. The standard InChI is InChI=1S/C16H19Cl2N5O3/c1-12-19-10-16(23(25)26)22(12)11-15(24)20-13-2-4-14(5-3-13)21(8-6-17)9-7-18/h2-5,10H,6-9,11H2,1H3,(H,20,24). The maximum absolute atomic E-state index is 12.2. The monoisotopic (exact) mass is 399 g/mol. The smallest absolute Gasteiger partial charge is 0.343 e. The van der Waals surface area contributed by atoms with Gasteiger partial charge in [0.05, 0.1) is 0 Å². The zero-order valence-corrected chi connectivity index (χ0v) is 15.7. The number of hydrogen-bond acceptors (Lipinski definition) is 5. The number of amides is 1. The molecular weight excluding hydrogens is 381 g/mol. The lowest BCUT2D eigenvalue weighted by Crippen LogP contribution is -2.27. The number of carbonyl (C=O) groups excluding carboxylic acids is 1. The second-order valence-electron chi connectivity index (χ2n) is 5.47. The first kappa shape index (κ1) is 20.0. The number of imidazole rings is 1. The molecule has 2 aromatic rings. The molecule has 26 heavy (non-hydrogen) atoms. The summed E-state index contributed by atoms with van der Waals surface area (Å²) < 4.78 is 1.26. The number of nitrogens with one attached hydrogen (secondary N) is 1. The zero-order valence-electron chi connectivity index (χ0n) is 14.2. The topological polar surface area (TPSA) is 93.3 Å². The van der Waals surface area contributed by atoms with Gasteiger partial charge in [-0.05, 0) is 29.2 Å². The number of aryl methyl sites for hydroxylation is 1. The summed E-state index contributed by atoms with van der Waals surface area (Å²) in [6.45, 7) is 2.76. The zero-order chi connectivity index (χ0) is 19.1. The van der Waals surface area contributed by atoms with Gasteiger partial charge in [0.1, 0.15) is 6.20 Å². The van der Waals surface area contributed by atoms with Gasteiger partial charge in [0, 0.05) is 43.1 Å². The third kappa shape index (κ3) is 5.09. The van der Waals surface area contributed by atoms with Crippen LogP contribution in [0.2, 0.25) is 0 Å². The molecule has 0 atom stereocenters. The summed E-state index contributed by atoms with van der Waals surface area (Å²) in [5, 5.41) is 13.7. The molecule has 140 valence electrons. The van der Waals surface area contributed by atoms with Crippen molar-refractivity contribution in [2.75, 3.05) is 35.1 Å². The van der Waals surface area contributed by atoms with E-state index in [2.05, 4.69) is 10.3 Å². The number of alkyl halides is 2. The van der Waals surface area contributed by atoms with Gasteiger partial charge in [-0.3, -0.25) is 4.79 Å². The molecule has 0 aliphatic carbocycles. The Hall–Kier alpha value is -2.32. The van der Waals surface area contributed by atoms with Gasteiger partial charge in [-0.2, -0.15) is 0 Å². The van der Waals surface area contributed by atoms with E-state index in [-0.39, 0.29) is 18.3 Å². The van der Waals surface area contributed by atoms with Gasteiger partial charge in [0.2, 0.25) is 0 Å². The van der Waals surface area contributed by atoms with Gasteiger partial charge in [-0.25, -0.2) is 9.55 Å². The molecule has 1 aromatic heterocycles. The fraction of sp³-hybridized carbons (Fsp3) is 0.375. The van der Waals surface area contributed by atoms with Crippen LogP contribution >= 0.6 is 23.2 Å². The van der Waals surface area contributed by atoms with Gasteiger partial charge in [0.15, 0.2) is 12.4 Å². The van der Waals surface area contributed by atoms with Crippen molar-refractivity contribution in [3.05, 3.63) is 46.4 Å². The van der Waals surface area contributed by atoms with E-state index in [1.54, 1.807) is 19.1 Å². The van der Waals surface area contributed by atoms with Crippen molar-refractivity contribution in [1.82, 2.24) is 9.55 Å². The normalized spacial score (nSPS) is 10.6. The molecule has 0 fully saturated rings. The molecule has 1 aromatic carbocycles. The highest BCUT2D eigenvalue weighted by atomic mass is 35.5. The molecular formula is C16H19Cl2N5O3. The molecule has 0 saturated carbocycles. The van der Waals surface area contributed by atoms with E-state index in [1.807, 2.05) is 17.0 Å². The van der Waals surface area contributed by atoms with Crippen LogP contribution in [0.5, 0.6) is 0 Å². The van der Waals surface area contributed by atoms with Crippen molar-refractivity contribution in [2.45, 2.75) is 13.5 Å². The van der Waals surface area contributed by atoms with E-state index in [4.69, 9.17) is 23.2 Å². The Morgan fingerprint density at radius 1 is 1.27 bits per heavy atom. The van der Waals surface area contributed by atoms with Crippen LogP contribution in [0.4, 0.5) is 17.2 Å². The van der Waals surface area contributed by atoms with Crippen molar-refractivity contribution in [3.63, 3.8) is 0 Å². The lowest BCUT2D eigenvalue weighted by Gasteiger charge is -2.23. The highest BCUT2D eigenvalue weighted by Gasteiger charge is 2.20. The maximum Gasteiger partial charge on any atom is 0.343 e. The van der Waals surface area contributed by atoms with Crippen LogP contribution in [0.15, 0.2) is 30.5 Å². The van der Waals surface area contributed by atoms with E-state index in [1.165, 1.54) is 4.57 Å². The van der Waals surface area contributed by atoms with Crippen LogP contribution in [0.3, 0.4) is 0 Å². The highest BCUT2D eigenvalue weighted by Crippen LogP contribution is 2.19. The predicted molar refractivity (Wildman–Crippen MR) is 102 cm³/mol. The Morgan fingerprint density at radius 3 is 2.42 bits per heavy atom. The van der Waals surface area contributed by atoms with Gasteiger partial charge < -0.3 is 20.3 Å². The molecule has 0 spiro atoms. The summed E-state index contributed by atoms with van der Waals surface area (Å²) in [6, 6.07) is 7.25. The minimum Gasteiger partial charge on any atom is -0.369 e. The van der Waals surface area contributed by atoms with Gasteiger partial charge in [-0.15, -0.1) is 23.2 Å². The van der Waals surface area contributed by atoms with Crippen molar-refractivity contribution < 1.29 is 9.72 Å². The first-order chi connectivity index (χ1) is 12.5. The molecule has 1 heterocycles. The lowest BCUT2D eigenvalue weighted by molar-refractivity contribution is -0.392. The number of anilines is 2. The molecule has 0 radical (unpaired) electrons. The van der Waals surface area contributed by atoms with E-state index < -0.39 is 4.92 Å². The third-order valence-electron chi connectivity index (χ3n) is 3.75. The number of hydrogen-bond donors (Lipinski definition) is 1. The van der Waals surface area contributed by atoms with Gasteiger partial charge in [0.25, 0.3) is 5.91 Å². The molecule has 8 nitrogen and oxygen atoms in total. The van der Waals surface area contributed by atoms with Gasteiger partial charge in [-0.1, -0.05) is 0 Å². The van der Waals surface area contributed by atoms with Crippen LogP contribution in [-0.4, -0.2) is 45.2 Å². The summed E-state index contributed by atoms with van der Waals surface area (Å²) in [7, 11) is 0.